The first-order valence-corrected chi connectivity index (χ1v) is 33.3. The van der Waals surface area contributed by atoms with Crippen molar-refractivity contribution in [3.63, 3.8) is 0 Å². The van der Waals surface area contributed by atoms with Crippen molar-refractivity contribution in [3.8, 4) is 0 Å². The quantitative estimate of drug-likeness (QED) is 0.0489. The molecule has 6 aliphatic heterocycles. The molecule has 6 heterocycles. The zero-order chi connectivity index (χ0) is 68.6. The monoisotopic (exact) mass is 1350 g/mol. The summed E-state index contributed by atoms with van der Waals surface area (Å²) >= 11 is 0. The molecule has 30 heteroatoms. The lowest BCUT2D eigenvalue weighted by molar-refractivity contribution is -0.387. The van der Waals surface area contributed by atoms with Gasteiger partial charge in [-0.2, -0.15) is 0 Å². The molecule has 11 rings (SSSR count). The molecule has 0 aromatic carbocycles. The number of fused-ring (bicyclic) bond motifs is 7. The van der Waals surface area contributed by atoms with Crippen molar-refractivity contribution in [2.24, 2.45) is 50.2 Å². The van der Waals surface area contributed by atoms with E-state index in [-0.39, 0.29) is 35.5 Å². The van der Waals surface area contributed by atoms with Crippen LogP contribution in [0.25, 0.3) is 0 Å². The summed E-state index contributed by atoms with van der Waals surface area (Å²) in [6.45, 7) is 16.6. The first kappa shape index (κ1) is 72.9. The summed E-state index contributed by atoms with van der Waals surface area (Å²) < 4.78 is 77.1. The molecule has 0 amide bonds. The number of aliphatic hydroxyl groups excluding tert-OH is 15. The minimum atomic E-state index is -2.07. The van der Waals surface area contributed by atoms with Crippen molar-refractivity contribution in [1.82, 2.24) is 0 Å². The SMILES string of the molecule is COC(=O)[C@H]1O[C@@H](O[C@H]2CC[C@@]3(C)C(CC[C@]4(C)C3CC=C3C5CC(C)(C)CC[C@]5(C(=O)O[C@@H]5OC[C@@H](O)[C@H](O[C@@H]6O[C@@H](C)[C@H](O)[C@@H](O)[C@H]6O)[C@H]5O[C@@H]5O[C@@H](C)[C@H](O[C@@H]6OC[C@@H](O)[C@H](O[C@@H]7OC[C@@H](O)[C@H](O)[C@H]7O)[C@H]6O)[C@@H](O)[C@H]5O)[C@H](O)C[C@]34C)C2(C)C)[C@H](O)[C@@H](O)[C@@H]1O. The highest BCUT2D eigenvalue weighted by molar-refractivity contribution is 5.80. The average molecular weight is 1350 g/mol. The lowest BCUT2D eigenvalue weighted by atomic mass is 9.33. The number of aliphatic hydroxyl groups is 15. The van der Waals surface area contributed by atoms with Crippen LogP contribution in [0.15, 0.2) is 11.6 Å². The molecule has 36 atom stereocenters. The van der Waals surface area contributed by atoms with Crippen molar-refractivity contribution >= 4 is 11.9 Å². The minimum Gasteiger partial charge on any atom is -0.467 e. The van der Waals surface area contributed by atoms with Crippen molar-refractivity contribution in [2.45, 2.75) is 298 Å². The van der Waals surface area contributed by atoms with Crippen LogP contribution < -0.4 is 0 Å². The van der Waals surface area contributed by atoms with E-state index in [9.17, 15) is 81.4 Å². The largest absolute Gasteiger partial charge is 0.467 e. The molecule has 0 bridgehead atoms. The number of rotatable bonds is 13. The van der Waals surface area contributed by atoms with E-state index in [1.807, 2.05) is 0 Å². The number of allylic oxidation sites excluding steroid dienone is 2. The molecular weight excluding hydrogens is 1250 g/mol. The molecule has 0 spiro atoms. The molecule has 0 radical (unpaired) electrons. The maximum atomic E-state index is 15.9. The minimum absolute atomic E-state index is 0.0513. The van der Waals surface area contributed by atoms with Gasteiger partial charge < -0.3 is 138 Å². The fourth-order valence-corrected chi connectivity index (χ4v) is 18.8. The second-order valence-corrected chi connectivity index (χ2v) is 30.8. The van der Waals surface area contributed by atoms with Crippen LogP contribution in [0.4, 0.5) is 0 Å². The van der Waals surface area contributed by atoms with Gasteiger partial charge >= 0.3 is 11.9 Å². The van der Waals surface area contributed by atoms with Gasteiger partial charge in [0, 0.05) is 0 Å². The molecule has 30 nitrogen and oxygen atoms in total. The predicted octanol–water partition coefficient (Wildman–Crippen LogP) is -3.26. The number of carbonyl (C=O) groups excluding carboxylic acids is 2. The van der Waals surface area contributed by atoms with Crippen LogP contribution in [0.5, 0.6) is 0 Å². The number of hydrogen-bond donors (Lipinski definition) is 15. The molecule has 3 unspecified atom stereocenters. The molecule has 94 heavy (non-hydrogen) atoms. The summed E-state index contributed by atoms with van der Waals surface area (Å²) in [5, 5.41) is 167. The van der Waals surface area contributed by atoms with Crippen molar-refractivity contribution < 1.29 is 148 Å². The molecule has 11 aliphatic rings. The van der Waals surface area contributed by atoms with E-state index >= 15 is 4.79 Å². The third-order valence-corrected chi connectivity index (χ3v) is 24.6. The van der Waals surface area contributed by atoms with E-state index in [1.165, 1.54) is 13.8 Å². The first-order valence-electron chi connectivity index (χ1n) is 33.3. The molecule has 5 aliphatic carbocycles. The Balaban J connectivity index is 0.847. The summed E-state index contributed by atoms with van der Waals surface area (Å²) in [5.41, 5.74) is -2.89. The molecule has 6 saturated heterocycles. The highest BCUT2D eigenvalue weighted by atomic mass is 16.8. The number of esters is 2. The van der Waals surface area contributed by atoms with Gasteiger partial charge in [-0.15, -0.1) is 0 Å². The summed E-state index contributed by atoms with van der Waals surface area (Å²) in [6.07, 6.45) is -40.3. The van der Waals surface area contributed by atoms with Crippen LogP contribution >= 0.6 is 0 Å². The van der Waals surface area contributed by atoms with Gasteiger partial charge in [0.05, 0.1) is 51.3 Å². The topological polar surface area (TPSA) is 458 Å². The van der Waals surface area contributed by atoms with Gasteiger partial charge in [0.15, 0.2) is 43.7 Å². The second kappa shape index (κ2) is 26.9. The van der Waals surface area contributed by atoms with Crippen LogP contribution in [0.3, 0.4) is 0 Å². The van der Waals surface area contributed by atoms with E-state index in [1.54, 1.807) is 0 Å². The Morgan fingerprint density at radius 2 is 1.03 bits per heavy atom. The smallest absolute Gasteiger partial charge is 0.337 e. The van der Waals surface area contributed by atoms with Gasteiger partial charge in [-0.3, -0.25) is 4.79 Å². The highest BCUT2D eigenvalue weighted by Crippen LogP contribution is 2.76. The third kappa shape index (κ3) is 12.3. The van der Waals surface area contributed by atoms with Crippen molar-refractivity contribution in [1.29, 1.82) is 0 Å². The van der Waals surface area contributed by atoms with Gasteiger partial charge in [0.1, 0.15) is 109 Å². The molecule has 15 N–H and O–H groups in total. The van der Waals surface area contributed by atoms with Crippen LogP contribution in [-0.4, -0.2) is 294 Å². The summed E-state index contributed by atoms with van der Waals surface area (Å²) in [4.78, 5) is 28.5. The number of methoxy groups -OCH3 is 1. The number of ether oxygens (including phenoxy) is 13. The lowest BCUT2D eigenvalue weighted by Gasteiger charge is -2.71. The Labute approximate surface area is 545 Å². The lowest BCUT2D eigenvalue weighted by Crippen LogP contribution is -2.68. The standard InChI is InChI=1S/C64H102O30/c1-24-35(69)37(71)42(76)54(86-24)91-48-30(67)23-85-57(50(48)93-55-44(78)40(74)46(25(2)87-55)89-53-45(79)47(29(66)22-84-53)90-52-41(75)36(70)28(65)21-83-52)94-58(81)64-18-17-59(3,4)19-27(64)26-11-12-32-61(7)15-14-34(88-56-43(77)38(72)39(73)49(92-56)51(80)82-10)60(5,6)31(61)13-16-62(32,8)63(26,9)20-33(64)68/h11,24-25,27-50,52-57,65-79H,12-23H2,1-10H3/t24-,25-,27?,28+,29+,30+,31?,32?,33+,34-,35-,36-,37+,38-,39-,40-,41+,42+,43+,44+,45+,46-,47-,48-,49-,50+,52-,53-,54-,55-,56+,57-,61-,62+,63+,64+/m0/s1. The Morgan fingerprint density at radius 1 is 0.489 bits per heavy atom. The zero-order valence-corrected chi connectivity index (χ0v) is 54.9. The normalized spacial score (nSPS) is 54.2. The maximum Gasteiger partial charge on any atom is 0.337 e. The van der Waals surface area contributed by atoms with Crippen molar-refractivity contribution in [3.05, 3.63) is 11.6 Å². The molecule has 10 fully saturated rings. The van der Waals surface area contributed by atoms with Crippen LogP contribution in [0, 0.1) is 50.2 Å². The Morgan fingerprint density at radius 3 is 1.69 bits per heavy atom. The average Bonchev–Trinajstić information content (AvgIpc) is 0.673. The predicted molar refractivity (Wildman–Crippen MR) is 314 cm³/mol. The van der Waals surface area contributed by atoms with Crippen molar-refractivity contribution in [2.75, 3.05) is 26.9 Å². The zero-order valence-electron chi connectivity index (χ0n) is 54.9. The summed E-state index contributed by atoms with van der Waals surface area (Å²) in [7, 11) is 1.13. The van der Waals surface area contributed by atoms with Gasteiger partial charge in [-0.05, 0) is 116 Å². The van der Waals surface area contributed by atoms with Crippen LogP contribution in [0.1, 0.15) is 120 Å². The first-order chi connectivity index (χ1) is 44.0. The fraction of sp³-hybridized carbons (Fsp3) is 0.938. The van der Waals surface area contributed by atoms with E-state index in [2.05, 4.69) is 54.5 Å². The van der Waals surface area contributed by atoms with E-state index in [4.69, 9.17) is 61.6 Å². The van der Waals surface area contributed by atoms with Gasteiger partial charge in [-0.25, -0.2) is 4.79 Å². The summed E-state index contributed by atoms with van der Waals surface area (Å²) in [6, 6.07) is 0. The molecular formula is C64H102O30. The summed E-state index contributed by atoms with van der Waals surface area (Å²) in [5.74, 6) is -2.26. The fourth-order valence-electron chi connectivity index (χ4n) is 18.8. The van der Waals surface area contributed by atoms with Crippen LogP contribution in [-0.2, 0) is 71.2 Å². The van der Waals surface area contributed by atoms with Crippen LogP contribution in [0.2, 0.25) is 0 Å². The third-order valence-electron chi connectivity index (χ3n) is 24.6. The molecule has 538 valence electrons. The molecule has 4 saturated carbocycles. The van der Waals surface area contributed by atoms with Gasteiger partial charge in [0.2, 0.25) is 6.29 Å². The Bertz CT molecular complexity index is 2710. The Hall–Kier alpha value is -2.36. The van der Waals surface area contributed by atoms with E-state index in [0.29, 0.717) is 32.1 Å². The van der Waals surface area contributed by atoms with Gasteiger partial charge in [0.25, 0.3) is 0 Å². The van der Waals surface area contributed by atoms with E-state index < -0.39 is 237 Å². The number of carbonyl (C=O) groups is 2. The highest BCUT2D eigenvalue weighted by Gasteiger charge is 2.72. The Kier molecular flexibility index (Phi) is 20.8. The second-order valence-electron chi connectivity index (χ2n) is 30.8. The van der Waals surface area contributed by atoms with E-state index in [0.717, 1.165) is 25.5 Å². The van der Waals surface area contributed by atoms with Gasteiger partial charge in [-0.1, -0.05) is 60.1 Å². The molecule has 0 aromatic heterocycles. The maximum absolute atomic E-state index is 15.9. The molecule has 0 aromatic rings. The number of hydrogen-bond acceptors (Lipinski definition) is 30.